The third kappa shape index (κ3) is 4.32. The predicted molar refractivity (Wildman–Crippen MR) is 121 cm³/mol. The van der Waals surface area contributed by atoms with E-state index in [1.165, 1.54) is 5.56 Å². The molecule has 31 heavy (non-hydrogen) atoms. The highest BCUT2D eigenvalue weighted by Gasteiger charge is 2.16. The molecule has 1 aromatic carbocycles. The fourth-order valence-electron chi connectivity index (χ4n) is 3.42. The summed E-state index contributed by atoms with van der Waals surface area (Å²) in [6, 6.07) is 11.9. The Morgan fingerprint density at radius 2 is 1.87 bits per heavy atom. The van der Waals surface area contributed by atoms with Gasteiger partial charge < -0.3 is 14.8 Å². The zero-order chi connectivity index (χ0) is 22.0. The lowest BCUT2D eigenvalue weighted by molar-refractivity contribution is 0.433. The lowest BCUT2D eigenvalue weighted by Crippen LogP contribution is -2.13. The number of nitrogens with one attached hydrogen (secondary N) is 2. The van der Waals surface area contributed by atoms with Crippen molar-refractivity contribution in [1.29, 1.82) is 0 Å². The number of H-pyrrole nitrogens is 1. The maximum Gasteiger partial charge on any atom is 0.251 e. The first kappa shape index (κ1) is 20.7. The van der Waals surface area contributed by atoms with E-state index in [9.17, 15) is 4.79 Å². The molecule has 0 amide bonds. The lowest BCUT2D eigenvalue weighted by Gasteiger charge is -2.08. The molecule has 0 saturated heterocycles. The molecule has 0 spiro atoms. The summed E-state index contributed by atoms with van der Waals surface area (Å²) in [5.74, 6) is 0.660. The Bertz CT molecular complexity index is 1260. The normalized spacial score (nSPS) is 11.3. The molecule has 4 aromatic rings. The van der Waals surface area contributed by atoms with E-state index in [4.69, 9.17) is 9.51 Å². The summed E-state index contributed by atoms with van der Waals surface area (Å²) in [7, 11) is 1.92. The van der Waals surface area contributed by atoms with Gasteiger partial charge in [0.2, 0.25) is 0 Å². The molecule has 0 aliphatic heterocycles. The molecule has 0 saturated carbocycles. The summed E-state index contributed by atoms with van der Waals surface area (Å²) in [5.41, 5.74) is 6.37. The summed E-state index contributed by atoms with van der Waals surface area (Å²) in [5, 5.41) is 7.36. The van der Waals surface area contributed by atoms with Crippen LogP contribution in [0.2, 0.25) is 0 Å². The Morgan fingerprint density at radius 1 is 1.10 bits per heavy atom. The van der Waals surface area contributed by atoms with E-state index < -0.39 is 0 Å². The second-order valence-electron chi connectivity index (χ2n) is 7.82. The van der Waals surface area contributed by atoms with Crippen molar-refractivity contribution in [1.82, 2.24) is 25.4 Å². The van der Waals surface area contributed by atoms with Gasteiger partial charge >= 0.3 is 0 Å². The Kier molecular flexibility index (Phi) is 5.77. The molecule has 0 radical (unpaired) electrons. The third-order valence-electron chi connectivity index (χ3n) is 5.18. The molecule has 7 nitrogen and oxygen atoms in total. The highest BCUT2D eigenvalue weighted by molar-refractivity contribution is 5.68. The van der Waals surface area contributed by atoms with Crippen LogP contribution in [0.5, 0.6) is 0 Å². The maximum atomic E-state index is 12.1. The van der Waals surface area contributed by atoms with Crippen LogP contribution in [0, 0.1) is 6.92 Å². The smallest absolute Gasteiger partial charge is 0.251 e. The van der Waals surface area contributed by atoms with Gasteiger partial charge in [0, 0.05) is 35.5 Å². The summed E-state index contributed by atoms with van der Waals surface area (Å²) >= 11 is 0. The minimum absolute atomic E-state index is 0.0837. The van der Waals surface area contributed by atoms with E-state index in [2.05, 4.69) is 32.6 Å². The maximum absolute atomic E-state index is 12.1. The van der Waals surface area contributed by atoms with Gasteiger partial charge in [-0.3, -0.25) is 9.78 Å². The summed E-state index contributed by atoms with van der Waals surface area (Å²) < 4.78 is 5.61. The molecular formula is C24H25N5O2. The van der Waals surface area contributed by atoms with E-state index in [-0.39, 0.29) is 11.5 Å². The largest absolute Gasteiger partial charge is 0.354 e. The number of benzene rings is 1. The van der Waals surface area contributed by atoms with Crippen LogP contribution in [-0.2, 0) is 6.54 Å². The van der Waals surface area contributed by atoms with Crippen LogP contribution in [0.4, 0.5) is 0 Å². The number of rotatable bonds is 6. The number of pyridine rings is 1. The molecule has 0 unspecified atom stereocenters. The molecule has 0 aliphatic carbocycles. The number of hydrogen-bond acceptors (Lipinski definition) is 6. The molecule has 2 N–H and O–H groups in total. The van der Waals surface area contributed by atoms with Crippen LogP contribution in [0.3, 0.4) is 0 Å². The Labute approximate surface area is 180 Å². The van der Waals surface area contributed by atoms with Gasteiger partial charge in [-0.15, -0.1) is 0 Å². The molecule has 158 valence electrons. The molecule has 0 fully saturated rings. The van der Waals surface area contributed by atoms with Crippen molar-refractivity contribution in [3.05, 3.63) is 76.0 Å². The quantitative estimate of drug-likeness (QED) is 0.487. The highest BCUT2D eigenvalue weighted by Crippen LogP contribution is 2.28. The van der Waals surface area contributed by atoms with Gasteiger partial charge in [0.15, 0.2) is 5.76 Å². The van der Waals surface area contributed by atoms with Crippen LogP contribution in [-0.4, -0.2) is 27.2 Å². The molecule has 4 rings (SSSR count). The summed E-state index contributed by atoms with van der Waals surface area (Å²) in [4.78, 5) is 24.1. The number of nitrogens with zero attached hydrogens (tertiary/aromatic N) is 3. The molecule has 0 bridgehead atoms. The van der Waals surface area contributed by atoms with E-state index in [1.807, 2.05) is 52.1 Å². The molecule has 7 heteroatoms. The average molecular weight is 415 g/mol. The zero-order valence-electron chi connectivity index (χ0n) is 18.1. The molecule has 3 aromatic heterocycles. The zero-order valence-corrected chi connectivity index (χ0v) is 18.1. The van der Waals surface area contributed by atoms with Crippen molar-refractivity contribution in [2.24, 2.45) is 0 Å². The van der Waals surface area contributed by atoms with Gasteiger partial charge in [-0.05, 0) is 31.5 Å². The van der Waals surface area contributed by atoms with Gasteiger partial charge in [-0.25, -0.2) is 4.98 Å². The number of aromatic nitrogens is 4. The van der Waals surface area contributed by atoms with Crippen LogP contribution < -0.4 is 10.9 Å². The monoisotopic (exact) mass is 415 g/mol. The van der Waals surface area contributed by atoms with Crippen molar-refractivity contribution in [2.45, 2.75) is 33.2 Å². The topological polar surface area (TPSA) is 96.7 Å². The van der Waals surface area contributed by atoms with E-state index in [0.29, 0.717) is 22.7 Å². The fourth-order valence-corrected chi connectivity index (χ4v) is 3.42. The predicted octanol–water partition coefficient (Wildman–Crippen LogP) is 4.31. The lowest BCUT2D eigenvalue weighted by atomic mass is 10.0. The molecule has 0 atom stereocenters. The first-order chi connectivity index (χ1) is 15.0. The second-order valence-corrected chi connectivity index (χ2v) is 7.82. The minimum atomic E-state index is -0.0837. The van der Waals surface area contributed by atoms with Gasteiger partial charge in [0.1, 0.15) is 11.4 Å². The molecule has 3 heterocycles. The summed E-state index contributed by atoms with van der Waals surface area (Å²) in [6.07, 6.45) is 3.37. The number of aryl methyl sites for hydroxylation is 1. The van der Waals surface area contributed by atoms with Gasteiger partial charge in [0.05, 0.1) is 17.6 Å². The second kappa shape index (κ2) is 8.65. The third-order valence-corrected chi connectivity index (χ3v) is 5.18. The van der Waals surface area contributed by atoms with Crippen LogP contribution >= 0.6 is 0 Å². The first-order valence-electron chi connectivity index (χ1n) is 10.2. The van der Waals surface area contributed by atoms with Crippen molar-refractivity contribution in [3.8, 4) is 34.0 Å². The number of hydrogen-bond donors (Lipinski definition) is 2. The average Bonchev–Trinajstić information content (AvgIpc) is 3.25. The highest BCUT2D eigenvalue weighted by atomic mass is 16.5. The van der Waals surface area contributed by atoms with Crippen molar-refractivity contribution < 1.29 is 4.52 Å². The fraction of sp³-hybridized carbons (Fsp3) is 0.250. The SMILES string of the molecule is CNCc1ccc(-c2cc(-c3nc(-c4c[nH]c(=O)c(C(C)C)c4)cnc3C)on2)cc1. The van der Waals surface area contributed by atoms with Crippen molar-refractivity contribution in [3.63, 3.8) is 0 Å². The number of aromatic amines is 1. The van der Waals surface area contributed by atoms with Crippen molar-refractivity contribution >= 4 is 0 Å². The van der Waals surface area contributed by atoms with Crippen molar-refractivity contribution in [2.75, 3.05) is 7.05 Å². The van der Waals surface area contributed by atoms with E-state index >= 15 is 0 Å². The van der Waals surface area contributed by atoms with E-state index in [0.717, 1.165) is 29.1 Å². The van der Waals surface area contributed by atoms with E-state index in [1.54, 1.807) is 12.4 Å². The Balaban J connectivity index is 1.68. The van der Waals surface area contributed by atoms with Gasteiger partial charge in [0.25, 0.3) is 5.56 Å². The minimum Gasteiger partial charge on any atom is -0.354 e. The standard InChI is InChI=1S/C24H25N5O2/c1-14(2)19-9-18(12-27-24(19)30)21-13-26-15(3)23(28-21)22-10-20(29-31-22)17-7-5-16(6-8-17)11-25-4/h5-10,12-14,25H,11H2,1-4H3,(H,27,30). The Morgan fingerprint density at radius 3 is 2.58 bits per heavy atom. The van der Waals surface area contributed by atoms with Gasteiger partial charge in [-0.1, -0.05) is 43.3 Å². The Hall–Kier alpha value is -3.58. The van der Waals surface area contributed by atoms with Crippen LogP contribution in [0.1, 0.15) is 36.6 Å². The van der Waals surface area contributed by atoms with Crippen LogP contribution in [0.25, 0.3) is 34.0 Å². The van der Waals surface area contributed by atoms with Gasteiger partial charge in [-0.2, -0.15) is 0 Å². The molecular weight excluding hydrogens is 390 g/mol. The van der Waals surface area contributed by atoms with Crippen LogP contribution in [0.15, 0.2) is 58.1 Å². The first-order valence-corrected chi connectivity index (χ1v) is 10.2. The summed E-state index contributed by atoms with van der Waals surface area (Å²) in [6.45, 7) is 6.67. The molecule has 0 aliphatic rings.